The Bertz CT molecular complexity index is 1070. The summed E-state index contributed by atoms with van der Waals surface area (Å²) in [6.07, 6.45) is 0.168. The maximum Gasteiger partial charge on any atom is 0.407 e. The van der Waals surface area contributed by atoms with Crippen LogP contribution in [0.15, 0.2) is 48.5 Å². The van der Waals surface area contributed by atoms with Gasteiger partial charge in [0.1, 0.15) is 18.7 Å². The first-order valence-corrected chi connectivity index (χ1v) is 11.1. The number of esters is 1. The molecule has 34 heavy (non-hydrogen) atoms. The van der Waals surface area contributed by atoms with Crippen molar-refractivity contribution in [3.63, 3.8) is 0 Å². The van der Waals surface area contributed by atoms with Crippen LogP contribution in [0.2, 0.25) is 0 Å². The van der Waals surface area contributed by atoms with Crippen molar-refractivity contribution in [1.82, 2.24) is 10.6 Å². The number of hydrogen-bond acceptors (Lipinski definition) is 6. The average Bonchev–Trinajstić information content (AvgIpc) is 3.63. The lowest BCUT2D eigenvalue weighted by Crippen LogP contribution is -2.53. The molecule has 1 saturated carbocycles. The lowest BCUT2D eigenvalue weighted by Gasteiger charge is -2.21. The third-order valence-corrected chi connectivity index (χ3v) is 6.21. The minimum atomic E-state index is -1.45. The summed E-state index contributed by atoms with van der Waals surface area (Å²) in [5.41, 5.74) is 4.35. The van der Waals surface area contributed by atoms with Crippen LogP contribution in [-0.4, -0.2) is 54.8 Å². The van der Waals surface area contributed by atoms with E-state index in [9.17, 15) is 24.3 Å². The van der Waals surface area contributed by atoms with Gasteiger partial charge in [0.15, 0.2) is 0 Å². The van der Waals surface area contributed by atoms with Crippen LogP contribution >= 0.6 is 0 Å². The Morgan fingerprint density at radius 1 is 0.971 bits per heavy atom. The summed E-state index contributed by atoms with van der Waals surface area (Å²) in [5, 5.41) is 14.2. The number of rotatable bonds is 9. The predicted octanol–water partition coefficient (Wildman–Crippen LogP) is 2.44. The van der Waals surface area contributed by atoms with Crippen molar-refractivity contribution < 1.29 is 33.8 Å². The fourth-order valence-corrected chi connectivity index (χ4v) is 4.31. The highest BCUT2D eigenvalue weighted by atomic mass is 16.5. The molecule has 178 valence electrons. The number of benzene rings is 2. The molecule has 0 saturated heterocycles. The van der Waals surface area contributed by atoms with Gasteiger partial charge in [-0.05, 0) is 41.0 Å². The second-order valence-electron chi connectivity index (χ2n) is 8.46. The largest absolute Gasteiger partial charge is 0.480 e. The van der Waals surface area contributed by atoms with Crippen LogP contribution in [0.4, 0.5) is 4.79 Å². The molecule has 2 aliphatic carbocycles. The first kappa shape index (κ1) is 23.3. The highest BCUT2D eigenvalue weighted by Gasteiger charge is 2.39. The molecule has 0 spiro atoms. The number of carbonyl (C=O) groups is 4. The Kier molecular flexibility index (Phi) is 6.81. The average molecular weight is 466 g/mol. The van der Waals surface area contributed by atoms with Gasteiger partial charge in [-0.2, -0.15) is 0 Å². The smallest absolute Gasteiger partial charge is 0.407 e. The molecule has 3 N–H and O–H groups in total. The van der Waals surface area contributed by atoms with Crippen molar-refractivity contribution in [3.05, 3.63) is 59.7 Å². The standard InChI is InChI=1S/C25H26N2O7/c1-33-21(28)12-20(24(30)31)26-23(29)22(14-10-11-14)27-25(32)34-13-19-17-8-4-2-6-15(17)16-7-3-5-9-18(16)19/h2-9,14,19-20,22H,10-13H2,1H3,(H,26,29)(H,27,32)(H,30,31)/t20-,22?/m0/s1. The molecule has 0 aliphatic heterocycles. The predicted molar refractivity (Wildman–Crippen MR) is 121 cm³/mol. The monoisotopic (exact) mass is 466 g/mol. The lowest BCUT2D eigenvalue weighted by molar-refractivity contribution is -0.149. The zero-order chi connectivity index (χ0) is 24.2. The van der Waals surface area contributed by atoms with Crippen molar-refractivity contribution in [1.29, 1.82) is 0 Å². The summed E-state index contributed by atoms with van der Waals surface area (Å²) < 4.78 is 10.00. The van der Waals surface area contributed by atoms with E-state index in [-0.39, 0.29) is 18.4 Å². The fourth-order valence-electron chi connectivity index (χ4n) is 4.31. The van der Waals surface area contributed by atoms with Gasteiger partial charge in [0.05, 0.1) is 13.5 Å². The molecule has 1 fully saturated rings. The van der Waals surface area contributed by atoms with Crippen LogP contribution in [0.3, 0.4) is 0 Å². The van der Waals surface area contributed by atoms with Gasteiger partial charge >= 0.3 is 18.0 Å². The molecule has 0 radical (unpaired) electrons. The summed E-state index contributed by atoms with van der Waals surface area (Å²) >= 11 is 0. The summed E-state index contributed by atoms with van der Waals surface area (Å²) in [4.78, 5) is 48.2. The lowest BCUT2D eigenvalue weighted by atomic mass is 9.98. The highest BCUT2D eigenvalue weighted by molar-refractivity contribution is 5.91. The second kappa shape index (κ2) is 9.94. The van der Waals surface area contributed by atoms with Crippen LogP contribution in [0, 0.1) is 5.92 Å². The van der Waals surface area contributed by atoms with Crippen LogP contribution < -0.4 is 10.6 Å². The van der Waals surface area contributed by atoms with E-state index in [0.717, 1.165) is 42.2 Å². The molecule has 2 amide bonds. The van der Waals surface area contributed by atoms with Crippen LogP contribution in [-0.2, 0) is 23.9 Å². The van der Waals surface area contributed by atoms with Crippen molar-refractivity contribution in [2.45, 2.75) is 37.3 Å². The van der Waals surface area contributed by atoms with Crippen LogP contribution in [0.1, 0.15) is 36.3 Å². The number of aliphatic carboxylic acids is 1. The summed E-state index contributed by atoms with van der Waals surface area (Å²) in [6.45, 7) is 0.0962. The van der Waals surface area contributed by atoms with Crippen molar-refractivity contribution in [3.8, 4) is 11.1 Å². The molecule has 2 atom stereocenters. The molecule has 2 aromatic carbocycles. The van der Waals surface area contributed by atoms with Gasteiger partial charge in [-0.25, -0.2) is 9.59 Å². The van der Waals surface area contributed by atoms with Gasteiger partial charge in [0.2, 0.25) is 5.91 Å². The third-order valence-electron chi connectivity index (χ3n) is 6.21. The van der Waals surface area contributed by atoms with E-state index in [1.165, 1.54) is 0 Å². The molecule has 0 aromatic heterocycles. The number of alkyl carbamates (subject to hydrolysis) is 1. The quantitative estimate of drug-likeness (QED) is 0.484. The first-order valence-electron chi connectivity index (χ1n) is 11.1. The number of carboxylic acid groups (broad SMARTS) is 1. The van der Waals surface area contributed by atoms with Gasteiger partial charge < -0.3 is 25.2 Å². The molecule has 1 unspecified atom stereocenters. The summed E-state index contributed by atoms with van der Waals surface area (Å²) in [5.74, 6) is -3.04. The third kappa shape index (κ3) is 5.03. The zero-order valence-electron chi connectivity index (χ0n) is 18.7. The number of nitrogens with one attached hydrogen (secondary N) is 2. The van der Waals surface area contributed by atoms with Crippen molar-refractivity contribution >= 4 is 23.9 Å². The van der Waals surface area contributed by atoms with E-state index in [1.54, 1.807) is 0 Å². The first-order chi connectivity index (χ1) is 16.4. The molecule has 2 aromatic rings. The van der Waals surface area contributed by atoms with E-state index in [2.05, 4.69) is 15.4 Å². The summed E-state index contributed by atoms with van der Waals surface area (Å²) in [6, 6.07) is 13.5. The molecule has 2 aliphatic rings. The zero-order valence-corrected chi connectivity index (χ0v) is 18.7. The molecule has 4 rings (SSSR count). The Balaban J connectivity index is 1.39. The number of amides is 2. The van der Waals surface area contributed by atoms with E-state index >= 15 is 0 Å². The second-order valence-corrected chi connectivity index (χ2v) is 8.46. The number of carboxylic acids is 1. The molecule has 0 heterocycles. The van der Waals surface area contributed by atoms with Gasteiger partial charge in [-0.3, -0.25) is 9.59 Å². The van der Waals surface area contributed by atoms with E-state index in [1.807, 2.05) is 48.5 Å². The van der Waals surface area contributed by atoms with E-state index < -0.39 is 42.4 Å². The number of carbonyl (C=O) groups excluding carboxylic acids is 3. The van der Waals surface area contributed by atoms with Crippen molar-refractivity contribution in [2.75, 3.05) is 13.7 Å². The minimum absolute atomic E-state index is 0.0962. The fraction of sp³-hybridized carbons (Fsp3) is 0.360. The normalized spacial score (nSPS) is 15.9. The number of fused-ring (bicyclic) bond motifs is 3. The molecule has 0 bridgehead atoms. The Morgan fingerprint density at radius 3 is 2.09 bits per heavy atom. The minimum Gasteiger partial charge on any atom is -0.480 e. The SMILES string of the molecule is COC(=O)C[C@H](NC(=O)C(NC(=O)OCC1c2ccccc2-c2ccccc21)C1CC1)C(=O)O. The van der Waals surface area contributed by atoms with Gasteiger partial charge in [0.25, 0.3) is 0 Å². The molecule has 9 nitrogen and oxygen atoms in total. The van der Waals surface area contributed by atoms with Gasteiger partial charge in [-0.1, -0.05) is 48.5 Å². The Morgan fingerprint density at radius 2 is 1.56 bits per heavy atom. The number of ether oxygens (including phenoxy) is 2. The van der Waals surface area contributed by atoms with E-state index in [0.29, 0.717) is 0 Å². The molecular weight excluding hydrogens is 440 g/mol. The molecular formula is C25H26N2O7. The molecule has 9 heteroatoms. The number of methoxy groups -OCH3 is 1. The maximum atomic E-state index is 12.7. The van der Waals surface area contributed by atoms with Crippen LogP contribution in [0.25, 0.3) is 11.1 Å². The number of hydrogen-bond donors (Lipinski definition) is 3. The summed E-state index contributed by atoms with van der Waals surface area (Å²) in [7, 11) is 1.13. The van der Waals surface area contributed by atoms with Crippen molar-refractivity contribution in [2.24, 2.45) is 5.92 Å². The van der Waals surface area contributed by atoms with Gasteiger partial charge in [0, 0.05) is 5.92 Å². The van der Waals surface area contributed by atoms with Crippen LogP contribution in [0.5, 0.6) is 0 Å². The van der Waals surface area contributed by atoms with E-state index in [4.69, 9.17) is 4.74 Å². The van der Waals surface area contributed by atoms with Gasteiger partial charge in [-0.15, -0.1) is 0 Å². The maximum absolute atomic E-state index is 12.7. The Hall–Kier alpha value is -3.88. The topological polar surface area (TPSA) is 131 Å². The highest BCUT2D eigenvalue weighted by Crippen LogP contribution is 2.44. The Labute approximate surface area is 196 Å².